The van der Waals surface area contributed by atoms with Crippen LogP contribution in [-0.2, 0) is 6.42 Å². The summed E-state index contributed by atoms with van der Waals surface area (Å²) in [5.41, 5.74) is 0.610. The van der Waals surface area contributed by atoms with E-state index in [9.17, 15) is 4.79 Å². The molecule has 1 aromatic heterocycles. The molecule has 1 aliphatic rings. The molecule has 2 rings (SSSR count). The first-order chi connectivity index (χ1) is 7.31. The topological polar surface area (TPSA) is 45.2 Å². The van der Waals surface area contributed by atoms with Gasteiger partial charge in [0.05, 0.1) is 5.01 Å². The molecule has 4 nitrogen and oxygen atoms in total. The van der Waals surface area contributed by atoms with Gasteiger partial charge < -0.3 is 10.2 Å². The third kappa shape index (κ3) is 2.35. The number of nitrogens with one attached hydrogen (secondary N) is 1. The van der Waals surface area contributed by atoms with Gasteiger partial charge >= 0.3 is 0 Å². The normalized spacial score (nSPS) is 16.7. The average molecular weight is 225 g/mol. The summed E-state index contributed by atoms with van der Waals surface area (Å²) >= 11 is 1.57. The Morgan fingerprint density at radius 2 is 2.33 bits per heavy atom. The van der Waals surface area contributed by atoms with E-state index < -0.39 is 0 Å². The fourth-order valence-electron chi connectivity index (χ4n) is 1.60. The number of thiazole rings is 1. The summed E-state index contributed by atoms with van der Waals surface area (Å²) in [5, 5.41) is 6.13. The molecule has 1 N–H and O–H groups in total. The van der Waals surface area contributed by atoms with Crippen LogP contribution < -0.4 is 5.32 Å². The largest absolute Gasteiger partial charge is 0.335 e. The molecule has 1 amide bonds. The van der Waals surface area contributed by atoms with Crippen LogP contribution >= 0.6 is 11.3 Å². The van der Waals surface area contributed by atoms with Gasteiger partial charge in [-0.3, -0.25) is 4.79 Å². The Morgan fingerprint density at radius 3 is 2.93 bits per heavy atom. The number of hydrogen-bond acceptors (Lipinski definition) is 4. The van der Waals surface area contributed by atoms with Gasteiger partial charge in [0.2, 0.25) is 0 Å². The van der Waals surface area contributed by atoms with E-state index in [4.69, 9.17) is 0 Å². The molecule has 1 aliphatic heterocycles. The lowest BCUT2D eigenvalue weighted by atomic mass is 10.3. The number of rotatable bonds is 2. The quantitative estimate of drug-likeness (QED) is 0.808. The Hall–Kier alpha value is -0.940. The van der Waals surface area contributed by atoms with Gasteiger partial charge in [0.1, 0.15) is 5.69 Å². The molecule has 1 saturated heterocycles. The van der Waals surface area contributed by atoms with Gasteiger partial charge in [0, 0.05) is 31.6 Å². The summed E-state index contributed by atoms with van der Waals surface area (Å²) in [5.74, 6) is 0.0763. The molecule has 0 spiro atoms. The maximum Gasteiger partial charge on any atom is 0.273 e. The first-order valence-electron chi connectivity index (χ1n) is 5.25. The first kappa shape index (κ1) is 10.6. The third-order valence-electron chi connectivity index (χ3n) is 2.48. The zero-order chi connectivity index (χ0) is 10.7. The Morgan fingerprint density at radius 1 is 1.60 bits per heavy atom. The van der Waals surface area contributed by atoms with Crippen molar-refractivity contribution < 1.29 is 4.79 Å². The SMILES string of the molecule is CCc1nc(C(=O)N2CCNCC2)cs1. The van der Waals surface area contributed by atoms with E-state index in [1.165, 1.54) is 0 Å². The third-order valence-corrected chi connectivity index (χ3v) is 3.47. The second-order valence-corrected chi connectivity index (χ2v) is 4.46. The summed E-state index contributed by atoms with van der Waals surface area (Å²) in [6, 6.07) is 0. The van der Waals surface area contributed by atoms with E-state index in [-0.39, 0.29) is 5.91 Å². The minimum absolute atomic E-state index is 0.0763. The molecule has 0 unspecified atom stereocenters. The molecule has 15 heavy (non-hydrogen) atoms. The number of amides is 1. The molecule has 5 heteroatoms. The summed E-state index contributed by atoms with van der Waals surface area (Å²) in [6.45, 7) is 5.40. The van der Waals surface area contributed by atoms with E-state index in [0.29, 0.717) is 5.69 Å². The number of carbonyl (C=O) groups is 1. The highest BCUT2D eigenvalue weighted by atomic mass is 32.1. The predicted molar refractivity (Wildman–Crippen MR) is 60.3 cm³/mol. The molecule has 0 radical (unpaired) electrons. The van der Waals surface area contributed by atoms with Crippen LogP contribution in [0.15, 0.2) is 5.38 Å². The zero-order valence-corrected chi connectivity index (χ0v) is 9.64. The molecule has 2 heterocycles. The molecule has 0 aliphatic carbocycles. The Bertz CT molecular complexity index is 344. The van der Waals surface area contributed by atoms with Gasteiger partial charge in [-0.1, -0.05) is 6.92 Å². The molecule has 1 fully saturated rings. The minimum Gasteiger partial charge on any atom is -0.335 e. The van der Waals surface area contributed by atoms with Crippen molar-refractivity contribution in [3.8, 4) is 0 Å². The number of piperazine rings is 1. The van der Waals surface area contributed by atoms with E-state index in [2.05, 4.69) is 17.2 Å². The number of carbonyl (C=O) groups excluding carboxylic acids is 1. The highest BCUT2D eigenvalue weighted by Gasteiger charge is 2.19. The first-order valence-corrected chi connectivity index (χ1v) is 6.13. The standard InChI is InChI=1S/C10H15N3OS/c1-2-9-12-8(7-15-9)10(14)13-5-3-11-4-6-13/h7,11H,2-6H2,1H3. The van der Waals surface area contributed by atoms with Crippen molar-refractivity contribution >= 4 is 17.2 Å². The van der Waals surface area contributed by atoms with E-state index >= 15 is 0 Å². The lowest BCUT2D eigenvalue weighted by molar-refractivity contribution is 0.0730. The molecular weight excluding hydrogens is 210 g/mol. The molecule has 1 aromatic rings. The Balaban J connectivity index is 2.05. The van der Waals surface area contributed by atoms with Crippen molar-refractivity contribution in [3.05, 3.63) is 16.1 Å². The van der Waals surface area contributed by atoms with Crippen LogP contribution in [0.3, 0.4) is 0 Å². The second kappa shape index (κ2) is 4.72. The average Bonchev–Trinajstić information content (AvgIpc) is 2.78. The second-order valence-electron chi connectivity index (χ2n) is 3.52. The molecule has 0 aromatic carbocycles. The van der Waals surface area contributed by atoms with Crippen LogP contribution in [0.4, 0.5) is 0 Å². The van der Waals surface area contributed by atoms with Gasteiger partial charge in [-0.2, -0.15) is 0 Å². The van der Waals surface area contributed by atoms with Crippen molar-refractivity contribution in [1.29, 1.82) is 0 Å². The summed E-state index contributed by atoms with van der Waals surface area (Å²) < 4.78 is 0. The number of aromatic nitrogens is 1. The fraction of sp³-hybridized carbons (Fsp3) is 0.600. The van der Waals surface area contributed by atoms with E-state index in [1.54, 1.807) is 11.3 Å². The van der Waals surface area contributed by atoms with E-state index in [1.807, 2.05) is 10.3 Å². The van der Waals surface area contributed by atoms with Crippen LogP contribution in [-0.4, -0.2) is 42.0 Å². The molecule has 0 bridgehead atoms. The van der Waals surface area contributed by atoms with Crippen LogP contribution in [0.5, 0.6) is 0 Å². The summed E-state index contributed by atoms with van der Waals surface area (Å²) in [4.78, 5) is 18.1. The highest BCUT2D eigenvalue weighted by molar-refractivity contribution is 7.09. The van der Waals surface area contributed by atoms with Gasteiger partial charge in [0.25, 0.3) is 5.91 Å². The summed E-state index contributed by atoms with van der Waals surface area (Å²) in [6.07, 6.45) is 0.902. The molecule has 82 valence electrons. The van der Waals surface area contributed by atoms with Gasteiger partial charge in [-0.15, -0.1) is 11.3 Å². The van der Waals surface area contributed by atoms with Crippen molar-refractivity contribution in [1.82, 2.24) is 15.2 Å². The lowest BCUT2D eigenvalue weighted by Gasteiger charge is -2.26. The lowest BCUT2D eigenvalue weighted by Crippen LogP contribution is -2.46. The fourth-order valence-corrected chi connectivity index (χ4v) is 2.32. The zero-order valence-electron chi connectivity index (χ0n) is 8.82. The van der Waals surface area contributed by atoms with E-state index in [0.717, 1.165) is 37.6 Å². The van der Waals surface area contributed by atoms with Crippen LogP contribution in [0.25, 0.3) is 0 Å². The maximum absolute atomic E-state index is 12.0. The smallest absolute Gasteiger partial charge is 0.273 e. The number of aryl methyl sites for hydroxylation is 1. The van der Waals surface area contributed by atoms with Crippen molar-refractivity contribution in [2.45, 2.75) is 13.3 Å². The summed E-state index contributed by atoms with van der Waals surface area (Å²) in [7, 11) is 0. The van der Waals surface area contributed by atoms with Crippen molar-refractivity contribution in [2.75, 3.05) is 26.2 Å². The molecule has 0 saturated carbocycles. The minimum atomic E-state index is 0.0763. The Labute approximate surface area is 93.3 Å². The molecule has 0 atom stereocenters. The monoisotopic (exact) mass is 225 g/mol. The van der Waals surface area contributed by atoms with Gasteiger partial charge in [-0.05, 0) is 6.42 Å². The number of nitrogens with zero attached hydrogens (tertiary/aromatic N) is 2. The van der Waals surface area contributed by atoms with Crippen LogP contribution in [0.2, 0.25) is 0 Å². The van der Waals surface area contributed by atoms with Crippen molar-refractivity contribution in [2.24, 2.45) is 0 Å². The van der Waals surface area contributed by atoms with Gasteiger partial charge in [-0.25, -0.2) is 4.98 Å². The highest BCUT2D eigenvalue weighted by Crippen LogP contribution is 2.12. The van der Waals surface area contributed by atoms with Crippen LogP contribution in [0, 0.1) is 0 Å². The molecular formula is C10H15N3OS. The van der Waals surface area contributed by atoms with Gasteiger partial charge in [0.15, 0.2) is 0 Å². The Kier molecular flexibility index (Phi) is 3.33. The predicted octanol–water partition coefficient (Wildman–Crippen LogP) is 0.751. The van der Waals surface area contributed by atoms with Crippen LogP contribution in [0.1, 0.15) is 22.4 Å². The maximum atomic E-state index is 12.0. The van der Waals surface area contributed by atoms with Crippen molar-refractivity contribution in [3.63, 3.8) is 0 Å². The number of hydrogen-bond donors (Lipinski definition) is 1.